The lowest BCUT2D eigenvalue weighted by molar-refractivity contribution is 0.0696. The quantitative estimate of drug-likeness (QED) is 0.381. The Morgan fingerprint density at radius 1 is 0.943 bits per heavy atom. The molecule has 0 bridgehead atoms. The van der Waals surface area contributed by atoms with Crippen LogP contribution >= 0.6 is 0 Å². The maximum atomic E-state index is 11.9. The highest BCUT2D eigenvalue weighted by Crippen LogP contribution is 2.36. The average molecular weight is 474 g/mol. The second-order valence-corrected chi connectivity index (χ2v) is 9.20. The third kappa shape index (κ3) is 5.48. The minimum absolute atomic E-state index is 0.00667. The van der Waals surface area contributed by atoms with Crippen molar-refractivity contribution in [3.8, 4) is 16.9 Å². The van der Waals surface area contributed by atoms with Crippen LogP contribution in [0, 0.1) is 12.8 Å². The molecule has 0 atom stereocenters. The Morgan fingerprint density at radius 2 is 1.54 bits per heavy atom. The third-order valence-electron chi connectivity index (χ3n) is 6.91. The molecule has 1 aliphatic rings. The number of benzene rings is 3. The highest BCUT2D eigenvalue weighted by atomic mass is 16.5. The number of aromatic carboxylic acids is 2. The zero-order chi connectivity index (χ0) is 24.9. The van der Waals surface area contributed by atoms with E-state index >= 15 is 0 Å². The summed E-state index contributed by atoms with van der Waals surface area (Å²) in [5, 5.41) is 19.5. The van der Waals surface area contributed by atoms with Crippen LogP contribution in [-0.2, 0) is 6.54 Å². The van der Waals surface area contributed by atoms with E-state index in [4.69, 9.17) is 4.74 Å². The van der Waals surface area contributed by atoms with Crippen molar-refractivity contribution in [1.29, 1.82) is 0 Å². The lowest BCUT2D eigenvalue weighted by Gasteiger charge is -2.30. The topological polar surface area (TPSA) is 87.1 Å². The SMILES string of the molecule is COc1ccc(CN(CC2CCCC2)c2ccccc2-c2cc(C(=O)O)c(C)c(C(=O)O)c2)cc1. The summed E-state index contributed by atoms with van der Waals surface area (Å²) in [6, 6.07) is 19.0. The predicted octanol–water partition coefficient (Wildman–Crippen LogP) is 6.26. The molecular formula is C29H31NO5. The summed E-state index contributed by atoms with van der Waals surface area (Å²) >= 11 is 0. The van der Waals surface area contributed by atoms with Gasteiger partial charge in [0.2, 0.25) is 0 Å². The number of anilines is 1. The van der Waals surface area contributed by atoms with Gasteiger partial charge in [-0.15, -0.1) is 0 Å². The molecule has 1 aliphatic carbocycles. The number of hydrogen-bond donors (Lipinski definition) is 2. The van der Waals surface area contributed by atoms with E-state index in [0.717, 1.165) is 29.1 Å². The molecule has 0 aromatic heterocycles. The number of hydrogen-bond acceptors (Lipinski definition) is 4. The number of carboxylic acids is 2. The number of methoxy groups -OCH3 is 1. The fraction of sp³-hybridized carbons (Fsp3) is 0.310. The van der Waals surface area contributed by atoms with Gasteiger partial charge in [0.15, 0.2) is 0 Å². The summed E-state index contributed by atoms with van der Waals surface area (Å²) in [6.45, 7) is 3.10. The molecule has 0 amide bonds. The van der Waals surface area contributed by atoms with Crippen LogP contribution in [0.2, 0.25) is 0 Å². The first kappa shape index (κ1) is 24.3. The van der Waals surface area contributed by atoms with Crippen LogP contribution in [0.25, 0.3) is 11.1 Å². The predicted molar refractivity (Wildman–Crippen MR) is 137 cm³/mol. The third-order valence-corrected chi connectivity index (χ3v) is 6.91. The zero-order valence-corrected chi connectivity index (χ0v) is 20.2. The van der Waals surface area contributed by atoms with Crippen molar-refractivity contribution in [2.75, 3.05) is 18.6 Å². The van der Waals surface area contributed by atoms with E-state index in [1.807, 2.05) is 36.4 Å². The molecule has 3 aromatic rings. The normalized spacial score (nSPS) is 13.5. The fourth-order valence-corrected chi connectivity index (χ4v) is 5.01. The standard InChI is InChI=1S/C29H31NO5/c1-19-25(28(31)32)15-22(16-26(19)29(33)34)24-9-5-6-10-27(24)30(17-20-7-3-4-8-20)18-21-11-13-23(35-2)14-12-21/h5-6,9-16,20H,3-4,7-8,17-18H2,1-2H3,(H,31,32)(H,33,34). The van der Waals surface area contributed by atoms with E-state index < -0.39 is 11.9 Å². The van der Waals surface area contributed by atoms with Gasteiger partial charge in [0.05, 0.1) is 18.2 Å². The van der Waals surface area contributed by atoms with Crippen molar-refractivity contribution in [2.45, 2.75) is 39.2 Å². The van der Waals surface area contributed by atoms with Crippen LogP contribution < -0.4 is 9.64 Å². The van der Waals surface area contributed by atoms with Gasteiger partial charge in [-0.3, -0.25) is 0 Å². The maximum Gasteiger partial charge on any atom is 0.335 e. The highest BCUT2D eigenvalue weighted by molar-refractivity contribution is 5.99. The van der Waals surface area contributed by atoms with Gasteiger partial charge in [0.25, 0.3) is 0 Å². The summed E-state index contributed by atoms with van der Waals surface area (Å²) in [5.41, 5.74) is 3.79. The largest absolute Gasteiger partial charge is 0.497 e. The molecular weight excluding hydrogens is 442 g/mol. The number of ether oxygens (including phenoxy) is 1. The van der Waals surface area contributed by atoms with Gasteiger partial charge in [-0.05, 0) is 72.7 Å². The minimum atomic E-state index is -1.13. The Labute approximate surface area is 205 Å². The van der Waals surface area contributed by atoms with Crippen LogP contribution in [0.15, 0.2) is 60.7 Å². The molecule has 0 radical (unpaired) electrons. The maximum absolute atomic E-state index is 11.9. The Bertz CT molecular complexity index is 1180. The van der Waals surface area contributed by atoms with E-state index in [1.165, 1.54) is 25.7 Å². The first-order valence-corrected chi connectivity index (χ1v) is 12.0. The summed E-state index contributed by atoms with van der Waals surface area (Å²) in [6.07, 6.45) is 4.87. The summed E-state index contributed by atoms with van der Waals surface area (Å²) in [4.78, 5) is 26.2. The van der Waals surface area contributed by atoms with Gasteiger partial charge in [0.1, 0.15) is 5.75 Å². The molecule has 3 aromatic carbocycles. The van der Waals surface area contributed by atoms with Crippen LogP contribution in [0.4, 0.5) is 5.69 Å². The molecule has 6 nitrogen and oxygen atoms in total. The van der Waals surface area contributed by atoms with Gasteiger partial charge in [-0.1, -0.05) is 43.2 Å². The lowest BCUT2D eigenvalue weighted by atomic mass is 9.93. The molecule has 6 heteroatoms. The van der Waals surface area contributed by atoms with E-state index in [9.17, 15) is 19.8 Å². The van der Waals surface area contributed by atoms with Crippen molar-refractivity contribution in [1.82, 2.24) is 0 Å². The number of carboxylic acid groups (broad SMARTS) is 2. The second kappa shape index (κ2) is 10.6. The van der Waals surface area contributed by atoms with Gasteiger partial charge in [-0.2, -0.15) is 0 Å². The Morgan fingerprint density at radius 3 is 2.11 bits per heavy atom. The minimum Gasteiger partial charge on any atom is -0.497 e. The van der Waals surface area contributed by atoms with Crippen LogP contribution in [0.1, 0.15) is 57.5 Å². The summed E-state index contributed by atoms with van der Waals surface area (Å²) in [5.74, 6) is -0.877. The molecule has 2 N–H and O–H groups in total. The molecule has 0 spiro atoms. The van der Waals surface area contributed by atoms with Crippen LogP contribution in [0.5, 0.6) is 5.75 Å². The van der Waals surface area contributed by atoms with E-state index in [0.29, 0.717) is 18.0 Å². The summed E-state index contributed by atoms with van der Waals surface area (Å²) in [7, 11) is 1.65. The molecule has 1 fully saturated rings. The highest BCUT2D eigenvalue weighted by Gasteiger charge is 2.23. The Hall–Kier alpha value is -3.80. The van der Waals surface area contributed by atoms with Crippen LogP contribution in [-0.4, -0.2) is 35.8 Å². The molecule has 182 valence electrons. The molecule has 1 saturated carbocycles. The van der Waals surface area contributed by atoms with Crippen LogP contribution in [0.3, 0.4) is 0 Å². The molecule has 0 aliphatic heterocycles. The molecule has 0 heterocycles. The Balaban J connectivity index is 1.79. The van der Waals surface area contributed by atoms with Gasteiger partial charge < -0.3 is 19.8 Å². The number of carbonyl (C=O) groups is 2. The molecule has 0 unspecified atom stereocenters. The van der Waals surface area contributed by atoms with E-state index in [-0.39, 0.29) is 16.7 Å². The number of rotatable bonds is 9. The monoisotopic (exact) mass is 473 g/mol. The molecule has 4 rings (SSSR count). The zero-order valence-electron chi connectivity index (χ0n) is 20.2. The second-order valence-electron chi connectivity index (χ2n) is 9.20. The smallest absolute Gasteiger partial charge is 0.335 e. The number of para-hydroxylation sites is 1. The van der Waals surface area contributed by atoms with E-state index in [2.05, 4.69) is 17.0 Å². The van der Waals surface area contributed by atoms with Crippen molar-refractivity contribution in [3.63, 3.8) is 0 Å². The molecule has 35 heavy (non-hydrogen) atoms. The van der Waals surface area contributed by atoms with Gasteiger partial charge >= 0.3 is 11.9 Å². The fourth-order valence-electron chi connectivity index (χ4n) is 5.01. The average Bonchev–Trinajstić information content (AvgIpc) is 3.37. The Kier molecular flexibility index (Phi) is 7.39. The lowest BCUT2D eigenvalue weighted by Crippen LogP contribution is -2.28. The van der Waals surface area contributed by atoms with Gasteiger partial charge in [0, 0.05) is 24.3 Å². The van der Waals surface area contributed by atoms with Gasteiger partial charge in [-0.25, -0.2) is 9.59 Å². The first-order chi connectivity index (χ1) is 16.9. The van der Waals surface area contributed by atoms with Crippen molar-refractivity contribution < 1.29 is 24.5 Å². The van der Waals surface area contributed by atoms with Crippen molar-refractivity contribution >= 4 is 17.6 Å². The number of nitrogens with zero attached hydrogens (tertiary/aromatic N) is 1. The summed E-state index contributed by atoms with van der Waals surface area (Å²) < 4.78 is 5.30. The molecule has 0 saturated heterocycles. The van der Waals surface area contributed by atoms with Crippen molar-refractivity contribution in [2.24, 2.45) is 5.92 Å². The van der Waals surface area contributed by atoms with E-state index in [1.54, 1.807) is 26.2 Å². The van der Waals surface area contributed by atoms with Crippen molar-refractivity contribution in [3.05, 3.63) is 82.9 Å². The first-order valence-electron chi connectivity index (χ1n) is 12.0.